The van der Waals surface area contributed by atoms with E-state index in [1.165, 1.54) is 16.7 Å². The van der Waals surface area contributed by atoms with Gasteiger partial charge in [-0.15, -0.1) is 0 Å². The van der Waals surface area contributed by atoms with Crippen molar-refractivity contribution in [1.29, 1.82) is 0 Å². The summed E-state index contributed by atoms with van der Waals surface area (Å²) >= 11 is 3.66. The summed E-state index contributed by atoms with van der Waals surface area (Å²) < 4.78 is 5.21. The van der Waals surface area contributed by atoms with Crippen LogP contribution in [0.1, 0.15) is 23.6 Å². The van der Waals surface area contributed by atoms with Crippen molar-refractivity contribution in [2.45, 2.75) is 26.2 Å². The molecule has 0 fully saturated rings. The highest BCUT2D eigenvalue weighted by Gasteiger charge is 2.10. The molecule has 0 saturated heterocycles. The van der Waals surface area contributed by atoms with E-state index in [1.54, 1.807) is 7.11 Å². The van der Waals surface area contributed by atoms with Crippen molar-refractivity contribution < 1.29 is 4.74 Å². The van der Waals surface area contributed by atoms with Crippen LogP contribution in [0, 0.1) is 5.92 Å². The van der Waals surface area contributed by atoms with E-state index in [1.807, 2.05) is 12.1 Å². The van der Waals surface area contributed by atoms with Crippen molar-refractivity contribution in [2.75, 3.05) is 12.4 Å². The van der Waals surface area contributed by atoms with Crippen molar-refractivity contribution in [3.05, 3.63) is 65.2 Å². The number of aryl methyl sites for hydroxylation is 1. The second-order valence-corrected chi connectivity index (χ2v) is 6.09. The molecule has 0 spiro atoms. The molecule has 0 radical (unpaired) electrons. The Bertz CT molecular complexity index is 481. The molecule has 2 aromatic rings. The highest BCUT2D eigenvalue weighted by Crippen LogP contribution is 2.19. The third-order valence-corrected chi connectivity index (χ3v) is 4.77. The number of alkyl halides is 1. The fourth-order valence-electron chi connectivity index (χ4n) is 2.52. The van der Waals surface area contributed by atoms with Crippen LogP contribution < -0.4 is 4.74 Å². The molecular weight excluding hydrogens is 324 g/mol. The van der Waals surface area contributed by atoms with Crippen LogP contribution >= 0.6 is 15.9 Å². The number of hydrogen-bond acceptors (Lipinski definition) is 1. The van der Waals surface area contributed by atoms with Gasteiger partial charge in [-0.25, -0.2) is 0 Å². The molecule has 0 aromatic heterocycles. The van der Waals surface area contributed by atoms with E-state index < -0.39 is 0 Å². The Kier molecular flexibility index (Phi) is 6.31. The molecule has 0 saturated carbocycles. The van der Waals surface area contributed by atoms with Gasteiger partial charge in [0.1, 0.15) is 5.75 Å². The molecule has 112 valence electrons. The van der Waals surface area contributed by atoms with Crippen LogP contribution in [0.5, 0.6) is 5.75 Å². The van der Waals surface area contributed by atoms with Crippen molar-refractivity contribution >= 4 is 15.9 Å². The summed E-state index contributed by atoms with van der Waals surface area (Å²) in [7, 11) is 1.70. The fourth-order valence-corrected chi connectivity index (χ4v) is 2.98. The number of benzene rings is 2. The lowest BCUT2D eigenvalue weighted by Crippen LogP contribution is -2.10. The smallest absolute Gasteiger partial charge is 0.118 e. The summed E-state index contributed by atoms with van der Waals surface area (Å²) in [5.41, 5.74) is 4.19. The Morgan fingerprint density at radius 3 is 1.76 bits per heavy atom. The first-order valence-corrected chi connectivity index (χ1v) is 8.64. The number of rotatable bonds is 7. The standard InChI is InChI=1S/C19H23BrO/c1-3-15-4-6-16(7-5-15)12-18(14-20)13-17-8-10-19(21-2)11-9-17/h4-11,18H,3,12-14H2,1-2H3. The zero-order chi connectivity index (χ0) is 15.1. The summed E-state index contributed by atoms with van der Waals surface area (Å²) in [6, 6.07) is 17.4. The van der Waals surface area contributed by atoms with Gasteiger partial charge in [-0.05, 0) is 54.0 Å². The highest BCUT2D eigenvalue weighted by atomic mass is 79.9. The zero-order valence-electron chi connectivity index (χ0n) is 12.8. The predicted octanol–water partition coefficient (Wildman–Crippen LogP) is 5.05. The molecule has 0 N–H and O–H groups in total. The third kappa shape index (κ3) is 4.89. The summed E-state index contributed by atoms with van der Waals surface area (Å²) in [4.78, 5) is 0. The topological polar surface area (TPSA) is 9.23 Å². The van der Waals surface area contributed by atoms with Crippen molar-refractivity contribution in [3.63, 3.8) is 0 Å². The van der Waals surface area contributed by atoms with Gasteiger partial charge in [0.15, 0.2) is 0 Å². The van der Waals surface area contributed by atoms with Crippen LogP contribution in [-0.2, 0) is 19.3 Å². The lowest BCUT2D eigenvalue weighted by molar-refractivity contribution is 0.414. The maximum Gasteiger partial charge on any atom is 0.118 e. The first kappa shape index (κ1) is 16.1. The average Bonchev–Trinajstić information content (AvgIpc) is 2.55. The number of halogens is 1. The molecule has 0 aliphatic rings. The Morgan fingerprint density at radius 1 is 0.857 bits per heavy atom. The molecule has 0 aliphatic heterocycles. The van der Waals surface area contributed by atoms with Gasteiger partial charge in [0, 0.05) is 5.33 Å². The lowest BCUT2D eigenvalue weighted by atomic mass is 9.93. The van der Waals surface area contributed by atoms with E-state index in [0.29, 0.717) is 5.92 Å². The van der Waals surface area contributed by atoms with Crippen LogP contribution in [-0.4, -0.2) is 12.4 Å². The van der Waals surface area contributed by atoms with Crippen molar-refractivity contribution in [2.24, 2.45) is 5.92 Å². The van der Waals surface area contributed by atoms with Crippen LogP contribution in [0.25, 0.3) is 0 Å². The Labute approximate surface area is 136 Å². The fraction of sp³-hybridized carbons (Fsp3) is 0.368. The van der Waals surface area contributed by atoms with E-state index >= 15 is 0 Å². The summed E-state index contributed by atoms with van der Waals surface area (Å²) in [5, 5.41) is 1.02. The van der Waals surface area contributed by atoms with Gasteiger partial charge in [-0.3, -0.25) is 0 Å². The lowest BCUT2D eigenvalue weighted by Gasteiger charge is -2.15. The first-order chi connectivity index (χ1) is 10.2. The number of ether oxygens (including phenoxy) is 1. The Balaban J connectivity index is 1.98. The van der Waals surface area contributed by atoms with E-state index in [4.69, 9.17) is 4.74 Å². The molecule has 0 aliphatic carbocycles. The minimum absolute atomic E-state index is 0.617. The van der Waals surface area contributed by atoms with Gasteiger partial charge >= 0.3 is 0 Å². The zero-order valence-corrected chi connectivity index (χ0v) is 14.4. The van der Waals surface area contributed by atoms with E-state index in [-0.39, 0.29) is 0 Å². The van der Waals surface area contributed by atoms with E-state index in [9.17, 15) is 0 Å². The van der Waals surface area contributed by atoms with E-state index in [0.717, 1.165) is 30.3 Å². The molecular formula is C19H23BrO. The maximum absolute atomic E-state index is 5.21. The van der Waals surface area contributed by atoms with Gasteiger partial charge in [0.05, 0.1) is 7.11 Å². The second-order valence-electron chi connectivity index (χ2n) is 5.45. The van der Waals surface area contributed by atoms with Crippen LogP contribution in [0.15, 0.2) is 48.5 Å². The second kappa shape index (κ2) is 8.23. The summed E-state index contributed by atoms with van der Waals surface area (Å²) in [6.07, 6.45) is 3.31. The first-order valence-electron chi connectivity index (χ1n) is 7.51. The Hall–Kier alpha value is -1.28. The van der Waals surface area contributed by atoms with Gasteiger partial charge in [-0.2, -0.15) is 0 Å². The molecule has 1 unspecified atom stereocenters. The quantitative estimate of drug-likeness (QED) is 0.637. The van der Waals surface area contributed by atoms with Crippen LogP contribution in [0.3, 0.4) is 0 Å². The minimum Gasteiger partial charge on any atom is -0.497 e. The molecule has 2 rings (SSSR count). The minimum atomic E-state index is 0.617. The molecule has 1 atom stereocenters. The SMILES string of the molecule is CCc1ccc(CC(CBr)Cc2ccc(OC)cc2)cc1. The molecule has 2 aromatic carbocycles. The van der Waals surface area contributed by atoms with Crippen molar-refractivity contribution in [1.82, 2.24) is 0 Å². The maximum atomic E-state index is 5.21. The number of hydrogen-bond donors (Lipinski definition) is 0. The van der Waals surface area contributed by atoms with Gasteiger partial charge in [0.2, 0.25) is 0 Å². The third-order valence-electron chi connectivity index (χ3n) is 3.86. The normalized spacial score (nSPS) is 12.1. The summed E-state index contributed by atoms with van der Waals surface area (Å²) in [6.45, 7) is 2.19. The van der Waals surface area contributed by atoms with Gasteiger partial charge < -0.3 is 4.74 Å². The number of methoxy groups -OCH3 is 1. The molecule has 0 heterocycles. The predicted molar refractivity (Wildman–Crippen MR) is 93.5 cm³/mol. The van der Waals surface area contributed by atoms with Crippen molar-refractivity contribution in [3.8, 4) is 5.75 Å². The molecule has 2 heteroatoms. The Morgan fingerprint density at radius 2 is 1.33 bits per heavy atom. The monoisotopic (exact) mass is 346 g/mol. The summed E-state index contributed by atoms with van der Waals surface area (Å²) in [5.74, 6) is 1.54. The van der Waals surface area contributed by atoms with Crippen LogP contribution in [0.4, 0.5) is 0 Å². The average molecular weight is 347 g/mol. The molecule has 1 nitrogen and oxygen atoms in total. The van der Waals surface area contributed by atoms with Gasteiger partial charge in [0.25, 0.3) is 0 Å². The molecule has 0 bridgehead atoms. The highest BCUT2D eigenvalue weighted by molar-refractivity contribution is 9.09. The molecule has 21 heavy (non-hydrogen) atoms. The van der Waals surface area contributed by atoms with Crippen LogP contribution in [0.2, 0.25) is 0 Å². The molecule has 0 amide bonds. The van der Waals surface area contributed by atoms with Gasteiger partial charge in [-0.1, -0.05) is 59.3 Å². The largest absolute Gasteiger partial charge is 0.497 e. The van der Waals surface area contributed by atoms with E-state index in [2.05, 4.69) is 59.3 Å².